The van der Waals surface area contributed by atoms with Crippen LogP contribution in [0.2, 0.25) is 0 Å². The van der Waals surface area contributed by atoms with E-state index in [1.807, 2.05) is 24.3 Å². The van der Waals surface area contributed by atoms with Crippen molar-refractivity contribution in [2.45, 2.75) is 38.0 Å². The number of carbonyl (C=O) groups is 1. The molecule has 3 nitrogen and oxygen atoms in total. The molecule has 2 rings (SSSR count). The maximum atomic E-state index is 12.1. The van der Waals surface area contributed by atoms with Gasteiger partial charge in [0.25, 0.3) is 0 Å². The minimum Gasteiger partial charge on any atom is -0.469 e. The van der Waals surface area contributed by atoms with E-state index in [1.165, 1.54) is 32.8 Å². The molecule has 0 aromatic heterocycles. The highest BCUT2D eigenvalue weighted by Crippen LogP contribution is 2.34. The first-order valence-corrected chi connectivity index (χ1v) is 7.52. The van der Waals surface area contributed by atoms with E-state index in [1.54, 1.807) is 0 Å². The average molecular weight is 286 g/mol. The van der Waals surface area contributed by atoms with E-state index < -0.39 is 0 Å². The first kappa shape index (κ1) is 15.6. The lowest BCUT2D eigenvalue weighted by Gasteiger charge is -2.19. The highest BCUT2D eigenvalue weighted by atomic mass is 16.5. The van der Waals surface area contributed by atoms with Gasteiger partial charge in [-0.05, 0) is 30.0 Å². The molecule has 1 aromatic rings. The van der Waals surface area contributed by atoms with Gasteiger partial charge in [0.05, 0.1) is 13.0 Å². The van der Waals surface area contributed by atoms with Gasteiger partial charge >= 0.3 is 5.97 Å². The fourth-order valence-electron chi connectivity index (χ4n) is 3.03. The SMILES string of the molecule is COC(=O)C(CC1CCCC1)c1ccc(C#CCO)cc1. The number of aliphatic hydroxyl groups is 1. The second-order valence-electron chi connectivity index (χ2n) is 5.54. The molecule has 3 heteroatoms. The molecule has 0 amide bonds. The van der Waals surface area contributed by atoms with Crippen molar-refractivity contribution in [1.29, 1.82) is 0 Å². The normalized spacial score (nSPS) is 16.1. The molecular formula is C18H22O3. The van der Waals surface area contributed by atoms with Gasteiger partial charge in [-0.1, -0.05) is 49.7 Å². The fourth-order valence-corrected chi connectivity index (χ4v) is 3.03. The number of hydrogen-bond acceptors (Lipinski definition) is 3. The van der Waals surface area contributed by atoms with Crippen LogP contribution in [0.15, 0.2) is 24.3 Å². The number of ether oxygens (including phenoxy) is 1. The van der Waals surface area contributed by atoms with Crippen molar-refractivity contribution in [3.8, 4) is 11.8 Å². The summed E-state index contributed by atoms with van der Waals surface area (Å²) in [4.78, 5) is 12.1. The number of benzene rings is 1. The molecule has 0 aliphatic heterocycles. The Morgan fingerprint density at radius 2 is 2.00 bits per heavy atom. The largest absolute Gasteiger partial charge is 0.469 e. The Hall–Kier alpha value is -1.79. The molecule has 21 heavy (non-hydrogen) atoms. The van der Waals surface area contributed by atoms with Gasteiger partial charge in [-0.15, -0.1) is 0 Å². The van der Waals surface area contributed by atoms with Crippen molar-refractivity contribution < 1.29 is 14.6 Å². The van der Waals surface area contributed by atoms with Crippen LogP contribution in [0.5, 0.6) is 0 Å². The lowest BCUT2D eigenvalue weighted by atomic mass is 9.87. The van der Waals surface area contributed by atoms with Crippen molar-refractivity contribution >= 4 is 5.97 Å². The summed E-state index contributed by atoms with van der Waals surface area (Å²) in [5.41, 5.74) is 1.83. The molecule has 0 radical (unpaired) electrons. The Kier molecular flexibility index (Phi) is 5.83. The topological polar surface area (TPSA) is 46.5 Å². The Morgan fingerprint density at radius 3 is 2.57 bits per heavy atom. The molecule has 1 N–H and O–H groups in total. The molecule has 1 aliphatic rings. The molecule has 1 saturated carbocycles. The number of esters is 1. The van der Waals surface area contributed by atoms with Crippen LogP contribution in [0.3, 0.4) is 0 Å². The van der Waals surface area contributed by atoms with Gasteiger partial charge in [0.15, 0.2) is 0 Å². The van der Waals surface area contributed by atoms with Gasteiger partial charge in [0.1, 0.15) is 6.61 Å². The van der Waals surface area contributed by atoms with Gasteiger partial charge in [-0.25, -0.2) is 0 Å². The van der Waals surface area contributed by atoms with E-state index in [4.69, 9.17) is 9.84 Å². The standard InChI is InChI=1S/C18H22O3/c1-21-18(20)17(13-15-5-2-3-6-15)16-10-8-14(9-11-16)7-4-12-19/h8-11,15,17,19H,2-3,5-6,12-13H2,1H3. The minimum absolute atomic E-state index is 0.145. The number of carbonyl (C=O) groups excluding carboxylic acids is 1. The first-order valence-electron chi connectivity index (χ1n) is 7.52. The van der Waals surface area contributed by atoms with Crippen molar-refractivity contribution in [3.05, 3.63) is 35.4 Å². The van der Waals surface area contributed by atoms with Crippen LogP contribution in [0.4, 0.5) is 0 Å². The van der Waals surface area contributed by atoms with E-state index >= 15 is 0 Å². The van der Waals surface area contributed by atoms with Gasteiger partial charge in [0, 0.05) is 5.56 Å². The molecule has 1 atom stereocenters. The monoisotopic (exact) mass is 286 g/mol. The summed E-state index contributed by atoms with van der Waals surface area (Å²) >= 11 is 0. The summed E-state index contributed by atoms with van der Waals surface area (Å²) in [6, 6.07) is 7.67. The highest BCUT2D eigenvalue weighted by molar-refractivity contribution is 5.78. The van der Waals surface area contributed by atoms with Crippen LogP contribution < -0.4 is 0 Å². The molecule has 1 unspecified atom stereocenters. The molecule has 0 bridgehead atoms. The second kappa shape index (κ2) is 7.85. The summed E-state index contributed by atoms with van der Waals surface area (Å²) < 4.78 is 4.97. The van der Waals surface area contributed by atoms with Gasteiger partial charge in [-0.3, -0.25) is 4.79 Å². The zero-order chi connectivity index (χ0) is 15.1. The molecule has 0 heterocycles. The molecule has 1 aliphatic carbocycles. The Bertz CT molecular complexity index is 516. The van der Waals surface area contributed by atoms with Crippen molar-refractivity contribution in [2.24, 2.45) is 5.92 Å². The smallest absolute Gasteiger partial charge is 0.313 e. The predicted octanol–water partition coefficient (Wildman–Crippen LogP) is 2.87. The first-order chi connectivity index (χ1) is 10.2. The third-order valence-corrected chi connectivity index (χ3v) is 4.15. The zero-order valence-corrected chi connectivity index (χ0v) is 12.5. The van der Waals surface area contributed by atoms with Crippen LogP contribution in [0.1, 0.15) is 49.1 Å². The minimum atomic E-state index is -0.182. The van der Waals surface area contributed by atoms with Crippen LogP contribution >= 0.6 is 0 Å². The number of hydrogen-bond donors (Lipinski definition) is 1. The molecule has 1 fully saturated rings. The van der Waals surface area contributed by atoms with E-state index in [2.05, 4.69) is 11.8 Å². The Labute approximate surface area is 126 Å². The summed E-state index contributed by atoms with van der Waals surface area (Å²) in [5, 5.41) is 8.70. The maximum Gasteiger partial charge on any atom is 0.313 e. The number of methoxy groups -OCH3 is 1. The van der Waals surface area contributed by atoms with E-state index in [9.17, 15) is 4.79 Å². The van der Waals surface area contributed by atoms with Gasteiger partial charge < -0.3 is 9.84 Å². The number of aliphatic hydroxyl groups excluding tert-OH is 1. The zero-order valence-electron chi connectivity index (χ0n) is 12.5. The molecule has 112 valence electrons. The maximum absolute atomic E-state index is 12.1. The number of rotatable bonds is 4. The van der Waals surface area contributed by atoms with Crippen molar-refractivity contribution in [2.75, 3.05) is 13.7 Å². The Morgan fingerprint density at radius 1 is 1.33 bits per heavy atom. The fraction of sp³-hybridized carbons (Fsp3) is 0.500. The summed E-state index contributed by atoms with van der Waals surface area (Å²) in [6.45, 7) is -0.145. The lowest BCUT2D eigenvalue weighted by Crippen LogP contribution is -2.17. The third kappa shape index (κ3) is 4.34. The molecule has 1 aromatic carbocycles. The highest BCUT2D eigenvalue weighted by Gasteiger charge is 2.27. The van der Waals surface area contributed by atoms with E-state index in [0.29, 0.717) is 5.92 Å². The van der Waals surface area contributed by atoms with Crippen LogP contribution in [-0.4, -0.2) is 24.8 Å². The Balaban J connectivity index is 2.13. The van der Waals surface area contributed by atoms with Gasteiger partial charge in [0.2, 0.25) is 0 Å². The van der Waals surface area contributed by atoms with Gasteiger partial charge in [-0.2, -0.15) is 0 Å². The average Bonchev–Trinajstić information content (AvgIpc) is 3.03. The second-order valence-corrected chi connectivity index (χ2v) is 5.54. The molecule has 0 saturated heterocycles. The van der Waals surface area contributed by atoms with Crippen molar-refractivity contribution in [3.63, 3.8) is 0 Å². The van der Waals surface area contributed by atoms with E-state index in [0.717, 1.165) is 17.5 Å². The predicted molar refractivity (Wildman–Crippen MR) is 81.7 cm³/mol. The summed E-state index contributed by atoms with van der Waals surface area (Å²) in [6.07, 6.45) is 5.85. The summed E-state index contributed by atoms with van der Waals surface area (Å²) in [5.74, 6) is 5.77. The van der Waals surface area contributed by atoms with E-state index in [-0.39, 0.29) is 18.5 Å². The summed E-state index contributed by atoms with van der Waals surface area (Å²) in [7, 11) is 1.45. The van der Waals surface area contributed by atoms with Crippen LogP contribution in [0, 0.1) is 17.8 Å². The molecular weight excluding hydrogens is 264 g/mol. The quantitative estimate of drug-likeness (QED) is 0.684. The van der Waals surface area contributed by atoms with Crippen LogP contribution in [0.25, 0.3) is 0 Å². The molecule has 0 spiro atoms. The lowest BCUT2D eigenvalue weighted by molar-refractivity contribution is -0.142. The van der Waals surface area contributed by atoms with Crippen LogP contribution in [-0.2, 0) is 9.53 Å². The van der Waals surface area contributed by atoms with Crippen molar-refractivity contribution in [1.82, 2.24) is 0 Å². The third-order valence-electron chi connectivity index (χ3n) is 4.15.